The van der Waals surface area contributed by atoms with Gasteiger partial charge in [-0.15, -0.1) is 0 Å². The lowest BCUT2D eigenvalue weighted by atomic mass is 10.1. The Bertz CT molecular complexity index is 913. The number of amides is 2. The van der Waals surface area contributed by atoms with E-state index in [1.807, 2.05) is 22.6 Å². The maximum Gasteiger partial charge on any atom is 0.256 e. The predicted molar refractivity (Wildman–Crippen MR) is 112 cm³/mol. The van der Waals surface area contributed by atoms with Crippen LogP contribution in [0.5, 0.6) is 11.5 Å². The average molecular weight is 498 g/mol. The highest BCUT2D eigenvalue weighted by molar-refractivity contribution is 14.1. The maximum atomic E-state index is 13.3. The van der Waals surface area contributed by atoms with Gasteiger partial charge in [0.25, 0.3) is 11.8 Å². The van der Waals surface area contributed by atoms with Gasteiger partial charge in [-0.2, -0.15) is 0 Å². The first kappa shape index (κ1) is 20.4. The van der Waals surface area contributed by atoms with Crippen LogP contribution < -0.4 is 14.8 Å². The van der Waals surface area contributed by atoms with Crippen LogP contribution in [0.15, 0.2) is 30.3 Å². The zero-order valence-electron chi connectivity index (χ0n) is 15.6. The molecule has 2 amide bonds. The van der Waals surface area contributed by atoms with Crippen molar-refractivity contribution in [2.75, 3.05) is 32.6 Å². The zero-order chi connectivity index (χ0) is 20.3. The van der Waals surface area contributed by atoms with Gasteiger partial charge in [0, 0.05) is 22.7 Å². The van der Waals surface area contributed by atoms with E-state index in [1.165, 1.54) is 32.4 Å². The molecule has 0 unspecified atom stereocenters. The quantitative estimate of drug-likeness (QED) is 0.635. The smallest absolute Gasteiger partial charge is 0.256 e. The Labute approximate surface area is 176 Å². The molecule has 1 N–H and O–H groups in total. The second kappa shape index (κ2) is 8.76. The first-order valence-electron chi connectivity index (χ1n) is 8.76. The lowest BCUT2D eigenvalue weighted by molar-refractivity contribution is 0.0793. The molecule has 2 aromatic rings. The molecule has 1 saturated heterocycles. The minimum atomic E-state index is -0.438. The fraction of sp³-hybridized carbons (Fsp3) is 0.300. The molecule has 1 aliphatic heterocycles. The van der Waals surface area contributed by atoms with Crippen molar-refractivity contribution in [3.05, 3.63) is 50.8 Å². The third-order valence-electron chi connectivity index (χ3n) is 4.57. The lowest BCUT2D eigenvalue weighted by Crippen LogP contribution is -2.29. The highest BCUT2D eigenvalue weighted by Crippen LogP contribution is 2.35. The summed E-state index contributed by atoms with van der Waals surface area (Å²) in [5.41, 5.74) is 0.959. The third-order valence-corrected chi connectivity index (χ3v) is 5.46. The molecule has 3 rings (SSSR count). The molecule has 1 heterocycles. The summed E-state index contributed by atoms with van der Waals surface area (Å²) in [6.45, 7) is 1.35. The van der Waals surface area contributed by atoms with Crippen molar-refractivity contribution in [2.24, 2.45) is 0 Å². The number of carbonyl (C=O) groups is 2. The van der Waals surface area contributed by atoms with E-state index in [9.17, 15) is 14.0 Å². The van der Waals surface area contributed by atoms with Gasteiger partial charge >= 0.3 is 0 Å². The van der Waals surface area contributed by atoms with Crippen LogP contribution in [0.3, 0.4) is 0 Å². The van der Waals surface area contributed by atoms with E-state index in [0.717, 1.165) is 12.8 Å². The molecule has 1 aliphatic rings. The molecule has 6 nitrogen and oxygen atoms in total. The molecule has 0 aliphatic carbocycles. The van der Waals surface area contributed by atoms with Crippen molar-refractivity contribution >= 4 is 40.1 Å². The molecule has 0 aromatic heterocycles. The van der Waals surface area contributed by atoms with Crippen molar-refractivity contribution in [3.8, 4) is 11.5 Å². The van der Waals surface area contributed by atoms with E-state index in [-0.39, 0.29) is 5.91 Å². The highest BCUT2D eigenvalue weighted by atomic mass is 127. The zero-order valence-corrected chi connectivity index (χ0v) is 17.7. The minimum absolute atomic E-state index is 0.178. The predicted octanol–water partition coefficient (Wildman–Crippen LogP) is 3.94. The lowest BCUT2D eigenvalue weighted by Gasteiger charge is -2.20. The Kier molecular flexibility index (Phi) is 6.38. The van der Waals surface area contributed by atoms with Crippen LogP contribution in [0.25, 0.3) is 0 Å². The molecule has 0 bridgehead atoms. The molecule has 0 radical (unpaired) electrons. The van der Waals surface area contributed by atoms with Gasteiger partial charge in [-0.25, -0.2) is 4.39 Å². The fourth-order valence-electron chi connectivity index (χ4n) is 3.11. The van der Waals surface area contributed by atoms with Crippen molar-refractivity contribution in [1.82, 2.24) is 4.90 Å². The summed E-state index contributed by atoms with van der Waals surface area (Å²) in [6, 6.07) is 7.05. The van der Waals surface area contributed by atoms with Gasteiger partial charge < -0.3 is 19.7 Å². The number of ether oxygens (including phenoxy) is 2. The topological polar surface area (TPSA) is 67.9 Å². The van der Waals surface area contributed by atoms with Crippen LogP contribution in [0.2, 0.25) is 0 Å². The number of hydrogen-bond donors (Lipinski definition) is 1. The Morgan fingerprint density at radius 2 is 1.68 bits per heavy atom. The third kappa shape index (κ3) is 4.21. The van der Waals surface area contributed by atoms with E-state index in [4.69, 9.17) is 9.47 Å². The van der Waals surface area contributed by atoms with Gasteiger partial charge in [-0.1, -0.05) is 0 Å². The Morgan fingerprint density at radius 1 is 1.04 bits per heavy atom. The monoisotopic (exact) mass is 498 g/mol. The van der Waals surface area contributed by atoms with Gasteiger partial charge in [0.05, 0.1) is 31.0 Å². The number of methoxy groups -OCH3 is 2. The molecule has 2 aromatic carbocycles. The first-order chi connectivity index (χ1) is 13.4. The number of halogens is 2. The highest BCUT2D eigenvalue weighted by Gasteiger charge is 2.25. The summed E-state index contributed by atoms with van der Waals surface area (Å²) in [5, 5.41) is 2.77. The normalized spacial score (nSPS) is 13.4. The van der Waals surface area contributed by atoms with E-state index in [1.54, 1.807) is 17.0 Å². The summed E-state index contributed by atoms with van der Waals surface area (Å²) < 4.78 is 24.4. The average Bonchev–Trinajstić information content (AvgIpc) is 3.21. The number of benzene rings is 2. The van der Waals surface area contributed by atoms with Gasteiger partial charge in [0.1, 0.15) is 5.82 Å². The molecule has 1 fully saturated rings. The molecule has 0 saturated carbocycles. The van der Waals surface area contributed by atoms with Crippen LogP contribution >= 0.6 is 22.6 Å². The minimum Gasteiger partial charge on any atom is -0.493 e. The maximum absolute atomic E-state index is 13.3. The van der Waals surface area contributed by atoms with Gasteiger partial charge in [-0.3, -0.25) is 9.59 Å². The molecule has 148 valence electrons. The van der Waals surface area contributed by atoms with Gasteiger partial charge in [-0.05, 0) is 59.7 Å². The van der Waals surface area contributed by atoms with Crippen molar-refractivity contribution in [3.63, 3.8) is 0 Å². The van der Waals surface area contributed by atoms with Crippen LogP contribution in [0.4, 0.5) is 10.1 Å². The summed E-state index contributed by atoms with van der Waals surface area (Å²) in [4.78, 5) is 27.5. The van der Waals surface area contributed by atoms with Crippen LogP contribution in [-0.4, -0.2) is 44.0 Å². The molecular weight excluding hydrogens is 478 g/mol. The van der Waals surface area contributed by atoms with Crippen LogP contribution in [-0.2, 0) is 0 Å². The number of nitrogens with zero attached hydrogens (tertiary/aromatic N) is 1. The van der Waals surface area contributed by atoms with Crippen molar-refractivity contribution in [2.45, 2.75) is 12.8 Å². The van der Waals surface area contributed by atoms with E-state index < -0.39 is 11.7 Å². The summed E-state index contributed by atoms with van der Waals surface area (Å²) in [6.07, 6.45) is 1.91. The number of hydrogen-bond acceptors (Lipinski definition) is 4. The number of carbonyl (C=O) groups excluding carboxylic acids is 2. The van der Waals surface area contributed by atoms with Gasteiger partial charge in [0.15, 0.2) is 11.5 Å². The SMILES string of the molecule is COc1cc(NC(=O)c2ccc(F)cc2I)c(C(=O)N2CCCC2)cc1OC. The Morgan fingerprint density at radius 3 is 2.29 bits per heavy atom. The molecule has 0 spiro atoms. The van der Waals surface area contributed by atoms with Crippen molar-refractivity contribution in [1.29, 1.82) is 0 Å². The van der Waals surface area contributed by atoms with E-state index in [2.05, 4.69) is 5.32 Å². The summed E-state index contributed by atoms with van der Waals surface area (Å²) in [7, 11) is 2.97. The molecule has 0 atom stereocenters. The molecule has 8 heteroatoms. The Balaban J connectivity index is 1.99. The Hall–Kier alpha value is -2.36. The first-order valence-corrected chi connectivity index (χ1v) is 9.84. The molecular formula is C20H20FIN2O4. The number of rotatable bonds is 5. The van der Waals surface area contributed by atoms with Crippen molar-refractivity contribution < 1.29 is 23.5 Å². The largest absolute Gasteiger partial charge is 0.493 e. The standard InChI is InChI=1S/C20H20FIN2O4/c1-27-17-10-14(20(26)24-7-3-4-8-24)16(11-18(17)28-2)23-19(25)13-6-5-12(21)9-15(13)22/h5-6,9-11H,3-4,7-8H2,1-2H3,(H,23,25). The number of anilines is 1. The van der Waals surface area contributed by atoms with Gasteiger partial charge in [0.2, 0.25) is 0 Å². The van der Waals surface area contributed by atoms with Crippen LogP contribution in [0.1, 0.15) is 33.6 Å². The van der Waals surface area contributed by atoms with E-state index in [0.29, 0.717) is 45.0 Å². The summed E-state index contributed by atoms with van der Waals surface area (Å²) in [5.74, 6) is -0.240. The fourth-order valence-corrected chi connectivity index (χ4v) is 3.84. The summed E-state index contributed by atoms with van der Waals surface area (Å²) >= 11 is 1.90. The second-order valence-electron chi connectivity index (χ2n) is 6.33. The van der Waals surface area contributed by atoms with Crippen LogP contribution in [0, 0.1) is 9.39 Å². The van der Waals surface area contributed by atoms with E-state index >= 15 is 0 Å². The number of nitrogens with one attached hydrogen (secondary N) is 1. The number of likely N-dealkylation sites (tertiary alicyclic amines) is 1. The molecule has 28 heavy (non-hydrogen) atoms. The second-order valence-corrected chi connectivity index (χ2v) is 7.49.